The topological polar surface area (TPSA) is 64.0 Å². The smallest absolute Gasteiger partial charge is 0.242 e. The first-order valence-electron chi connectivity index (χ1n) is 9.43. The molecule has 0 saturated heterocycles. The number of nitrogens with one attached hydrogen (secondary N) is 1. The standard InChI is InChI=1S/C22H25N3O2/c1-3-16(4-2)22(17-10-6-5-7-11-17)24-21(27)15-25-19-13-9-8-12-18(19)20(26)14-23-25/h5-14,16,22H,3-4,15H2,1-2H3,(H,24,27). The lowest BCUT2D eigenvalue weighted by atomic mass is 9.89. The maximum Gasteiger partial charge on any atom is 0.242 e. The number of carbonyl (C=O) groups excluding carboxylic acids is 1. The number of nitrogens with zero attached hydrogens (tertiary/aromatic N) is 2. The van der Waals surface area contributed by atoms with E-state index in [1.54, 1.807) is 10.7 Å². The van der Waals surface area contributed by atoms with Crippen molar-refractivity contribution in [1.29, 1.82) is 0 Å². The monoisotopic (exact) mass is 363 g/mol. The molecule has 140 valence electrons. The van der Waals surface area contributed by atoms with Crippen molar-refractivity contribution in [2.45, 2.75) is 39.3 Å². The van der Waals surface area contributed by atoms with E-state index in [1.807, 2.05) is 36.4 Å². The first kappa shape index (κ1) is 18.8. The van der Waals surface area contributed by atoms with Crippen molar-refractivity contribution in [2.24, 2.45) is 5.92 Å². The molecule has 1 atom stereocenters. The van der Waals surface area contributed by atoms with E-state index in [2.05, 4.69) is 36.4 Å². The molecule has 0 fully saturated rings. The van der Waals surface area contributed by atoms with Crippen LogP contribution in [0.25, 0.3) is 10.9 Å². The molecule has 0 saturated carbocycles. The van der Waals surface area contributed by atoms with Crippen LogP contribution < -0.4 is 10.7 Å². The van der Waals surface area contributed by atoms with Crippen molar-refractivity contribution in [3.8, 4) is 0 Å². The van der Waals surface area contributed by atoms with Gasteiger partial charge in [-0.25, -0.2) is 0 Å². The molecule has 5 heteroatoms. The SMILES string of the molecule is CCC(CC)C(NC(=O)Cn1ncc(=O)c2ccccc21)c1ccccc1. The van der Waals surface area contributed by atoms with Crippen LogP contribution >= 0.6 is 0 Å². The van der Waals surface area contributed by atoms with Crippen LogP contribution in [0.4, 0.5) is 0 Å². The van der Waals surface area contributed by atoms with Gasteiger partial charge in [0.25, 0.3) is 0 Å². The van der Waals surface area contributed by atoms with E-state index >= 15 is 0 Å². The number of hydrogen-bond donors (Lipinski definition) is 1. The Morgan fingerprint density at radius 3 is 2.41 bits per heavy atom. The molecule has 0 aliphatic heterocycles. The van der Waals surface area contributed by atoms with Crippen LogP contribution in [0.15, 0.2) is 65.6 Å². The molecule has 0 bridgehead atoms. The summed E-state index contributed by atoms with van der Waals surface area (Å²) >= 11 is 0. The van der Waals surface area contributed by atoms with Gasteiger partial charge in [-0.15, -0.1) is 0 Å². The largest absolute Gasteiger partial charge is 0.347 e. The summed E-state index contributed by atoms with van der Waals surface area (Å²) in [5.41, 5.74) is 1.64. The third-order valence-corrected chi connectivity index (χ3v) is 5.05. The van der Waals surface area contributed by atoms with Gasteiger partial charge in [0.15, 0.2) is 0 Å². The summed E-state index contributed by atoms with van der Waals surface area (Å²) in [6.07, 6.45) is 3.23. The highest BCUT2D eigenvalue weighted by Crippen LogP contribution is 2.27. The van der Waals surface area contributed by atoms with E-state index in [-0.39, 0.29) is 23.9 Å². The molecule has 0 aliphatic rings. The summed E-state index contributed by atoms with van der Waals surface area (Å²) < 4.78 is 1.58. The average molecular weight is 363 g/mol. The minimum Gasteiger partial charge on any atom is -0.347 e. The van der Waals surface area contributed by atoms with Crippen LogP contribution in [0.1, 0.15) is 38.3 Å². The van der Waals surface area contributed by atoms with E-state index in [0.717, 1.165) is 18.4 Å². The molecular formula is C22H25N3O2. The van der Waals surface area contributed by atoms with Crippen molar-refractivity contribution in [3.63, 3.8) is 0 Å². The Balaban J connectivity index is 1.85. The van der Waals surface area contributed by atoms with E-state index in [0.29, 0.717) is 16.8 Å². The number of benzene rings is 2. The Morgan fingerprint density at radius 2 is 1.70 bits per heavy atom. The van der Waals surface area contributed by atoms with E-state index < -0.39 is 0 Å². The van der Waals surface area contributed by atoms with Crippen LogP contribution in [0.3, 0.4) is 0 Å². The third kappa shape index (κ3) is 4.25. The minimum absolute atomic E-state index is 0.0423. The first-order valence-corrected chi connectivity index (χ1v) is 9.43. The van der Waals surface area contributed by atoms with Crippen LogP contribution in [-0.2, 0) is 11.3 Å². The van der Waals surface area contributed by atoms with Crippen molar-refractivity contribution in [1.82, 2.24) is 15.1 Å². The van der Waals surface area contributed by atoms with Crippen molar-refractivity contribution >= 4 is 16.8 Å². The molecule has 3 rings (SSSR count). The van der Waals surface area contributed by atoms with Crippen molar-refractivity contribution in [2.75, 3.05) is 0 Å². The number of aromatic nitrogens is 2. The summed E-state index contributed by atoms with van der Waals surface area (Å²) in [7, 11) is 0. The molecule has 27 heavy (non-hydrogen) atoms. The van der Waals surface area contributed by atoms with Gasteiger partial charge in [-0.05, 0) is 23.6 Å². The number of amides is 1. The predicted molar refractivity (Wildman–Crippen MR) is 107 cm³/mol. The van der Waals surface area contributed by atoms with Gasteiger partial charge < -0.3 is 5.32 Å². The highest BCUT2D eigenvalue weighted by molar-refractivity contribution is 5.81. The second-order valence-corrected chi connectivity index (χ2v) is 6.72. The zero-order valence-electron chi connectivity index (χ0n) is 15.8. The zero-order chi connectivity index (χ0) is 19.2. The molecule has 2 aromatic carbocycles. The molecule has 5 nitrogen and oxygen atoms in total. The second-order valence-electron chi connectivity index (χ2n) is 6.72. The molecule has 1 aromatic heterocycles. The maximum atomic E-state index is 12.8. The number of hydrogen-bond acceptors (Lipinski definition) is 3. The van der Waals surface area contributed by atoms with Gasteiger partial charge >= 0.3 is 0 Å². The van der Waals surface area contributed by atoms with E-state index in [1.165, 1.54) is 6.20 Å². The number of fused-ring (bicyclic) bond motifs is 1. The molecule has 0 aliphatic carbocycles. The van der Waals surface area contributed by atoms with Crippen LogP contribution in [0, 0.1) is 5.92 Å². The van der Waals surface area contributed by atoms with Gasteiger partial charge in [0.2, 0.25) is 11.3 Å². The average Bonchev–Trinajstić information content (AvgIpc) is 2.71. The molecule has 1 unspecified atom stereocenters. The Labute approximate surface area is 159 Å². The molecule has 1 amide bonds. The fraction of sp³-hybridized carbons (Fsp3) is 0.318. The van der Waals surface area contributed by atoms with E-state index in [9.17, 15) is 9.59 Å². The van der Waals surface area contributed by atoms with Gasteiger partial charge in [0.1, 0.15) is 6.54 Å². The number of carbonyl (C=O) groups is 1. The van der Waals surface area contributed by atoms with Gasteiger partial charge in [0, 0.05) is 5.39 Å². The lowest BCUT2D eigenvalue weighted by Gasteiger charge is -2.27. The van der Waals surface area contributed by atoms with Crippen LogP contribution in [0.2, 0.25) is 0 Å². The van der Waals surface area contributed by atoms with Gasteiger partial charge in [-0.3, -0.25) is 14.3 Å². The highest BCUT2D eigenvalue weighted by Gasteiger charge is 2.22. The van der Waals surface area contributed by atoms with E-state index in [4.69, 9.17) is 0 Å². The number of rotatable bonds is 7. The summed E-state index contributed by atoms with van der Waals surface area (Å²) in [6, 6.07) is 17.2. The zero-order valence-corrected chi connectivity index (χ0v) is 15.8. The Bertz CT molecular complexity index is 962. The lowest BCUT2D eigenvalue weighted by molar-refractivity contribution is -0.123. The fourth-order valence-corrected chi connectivity index (χ4v) is 3.54. The summed E-state index contributed by atoms with van der Waals surface area (Å²) in [4.78, 5) is 24.8. The number of para-hydroxylation sites is 1. The maximum absolute atomic E-state index is 12.8. The van der Waals surface area contributed by atoms with Crippen molar-refractivity contribution in [3.05, 3.63) is 76.6 Å². The Morgan fingerprint density at radius 1 is 1.04 bits per heavy atom. The summed E-state index contributed by atoms with van der Waals surface area (Å²) in [5.74, 6) is 0.243. The molecule has 1 N–H and O–H groups in total. The van der Waals surface area contributed by atoms with Gasteiger partial charge in [-0.1, -0.05) is 69.2 Å². The molecule has 3 aromatic rings. The Hall–Kier alpha value is -2.95. The molecule has 0 spiro atoms. The quantitative estimate of drug-likeness (QED) is 0.696. The summed E-state index contributed by atoms with van der Waals surface area (Å²) in [5, 5.41) is 7.91. The van der Waals surface area contributed by atoms with Crippen LogP contribution in [0.5, 0.6) is 0 Å². The second kappa shape index (κ2) is 8.62. The normalized spacial score (nSPS) is 12.3. The molecule has 0 radical (unpaired) electrons. The lowest BCUT2D eigenvalue weighted by Crippen LogP contribution is -2.36. The van der Waals surface area contributed by atoms with Gasteiger partial charge in [0.05, 0.1) is 17.8 Å². The Kier molecular flexibility index (Phi) is 6.01. The molecule has 1 heterocycles. The van der Waals surface area contributed by atoms with Gasteiger partial charge in [-0.2, -0.15) is 5.10 Å². The fourth-order valence-electron chi connectivity index (χ4n) is 3.54. The first-order chi connectivity index (χ1) is 13.1. The summed E-state index contributed by atoms with van der Waals surface area (Å²) in [6.45, 7) is 4.37. The third-order valence-electron chi connectivity index (χ3n) is 5.05. The minimum atomic E-state index is -0.138. The molecular weight excluding hydrogens is 338 g/mol. The predicted octanol–water partition coefficient (Wildman–Crippen LogP) is 3.69. The highest BCUT2D eigenvalue weighted by atomic mass is 16.2. The van der Waals surface area contributed by atoms with Crippen LogP contribution in [-0.4, -0.2) is 15.7 Å². The van der Waals surface area contributed by atoms with Crippen molar-refractivity contribution < 1.29 is 4.79 Å².